The smallest absolute Gasteiger partial charge is 0.303 e. The molecule has 0 aromatic heterocycles. The minimum atomic E-state index is -0.888. The standard InChI is InChI=1S/C16H23NO5/c1-10-12(21-4)8-11(9-13(10)22-5)15(20)17-16(2,3)7-6-14(18)19/h8-9H,6-7H2,1-5H3,(H,17,20)(H,18,19). The van der Waals surface area contributed by atoms with Gasteiger partial charge in [0.2, 0.25) is 0 Å². The van der Waals surface area contributed by atoms with Crippen LogP contribution in [0.2, 0.25) is 0 Å². The maximum Gasteiger partial charge on any atom is 0.303 e. The average molecular weight is 309 g/mol. The molecule has 0 atom stereocenters. The molecule has 0 aliphatic carbocycles. The van der Waals surface area contributed by atoms with Crippen LogP contribution in [0.15, 0.2) is 12.1 Å². The summed E-state index contributed by atoms with van der Waals surface area (Å²) in [5.74, 6) is -0.0614. The topological polar surface area (TPSA) is 84.9 Å². The van der Waals surface area contributed by atoms with Gasteiger partial charge in [0.05, 0.1) is 14.2 Å². The van der Waals surface area contributed by atoms with Crippen molar-refractivity contribution in [3.05, 3.63) is 23.3 Å². The molecule has 0 unspecified atom stereocenters. The zero-order valence-electron chi connectivity index (χ0n) is 13.6. The molecule has 0 radical (unpaired) electrons. The molecule has 0 saturated carbocycles. The number of aliphatic carboxylic acids is 1. The fraction of sp³-hybridized carbons (Fsp3) is 0.500. The number of hydrogen-bond acceptors (Lipinski definition) is 4. The monoisotopic (exact) mass is 309 g/mol. The van der Waals surface area contributed by atoms with E-state index < -0.39 is 11.5 Å². The molecule has 0 aliphatic rings. The Hall–Kier alpha value is -2.24. The summed E-state index contributed by atoms with van der Waals surface area (Å²) in [5, 5.41) is 11.6. The van der Waals surface area contributed by atoms with Gasteiger partial charge in [0.25, 0.3) is 5.91 Å². The predicted molar refractivity (Wildman–Crippen MR) is 82.7 cm³/mol. The van der Waals surface area contributed by atoms with E-state index in [1.807, 2.05) is 6.92 Å². The Balaban J connectivity index is 2.96. The molecule has 0 aliphatic heterocycles. The van der Waals surface area contributed by atoms with Crippen molar-refractivity contribution in [2.75, 3.05) is 14.2 Å². The Morgan fingerprint density at radius 1 is 1.18 bits per heavy atom. The first kappa shape index (κ1) is 17.8. The fourth-order valence-corrected chi connectivity index (χ4v) is 2.08. The van der Waals surface area contributed by atoms with E-state index in [1.54, 1.807) is 26.0 Å². The highest BCUT2D eigenvalue weighted by atomic mass is 16.5. The molecular weight excluding hydrogens is 286 g/mol. The Bertz CT molecular complexity index is 541. The van der Waals surface area contributed by atoms with Crippen LogP contribution in [0.3, 0.4) is 0 Å². The summed E-state index contributed by atoms with van der Waals surface area (Å²) < 4.78 is 10.5. The molecule has 1 rings (SSSR count). The van der Waals surface area contributed by atoms with Crippen LogP contribution in [0.4, 0.5) is 0 Å². The summed E-state index contributed by atoms with van der Waals surface area (Å²) in [5.41, 5.74) is 0.593. The summed E-state index contributed by atoms with van der Waals surface area (Å²) in [7, 11) is 3.06. The third kappa shape index (κ3) is 4.65. The first-order chi connectivity index (χ1) is 10.2. The van der Waals surface area contributed by atoms with E-state index in [2.05, 4.69) is 5.32 Å². The lowest BCUT2D eigenvalue weighted by molar-refractivity contribution is -0.137. The van der Waals surface area contributed by atoms with Gasteiger partial charge in [-0.2, -0.15) is 0 Å². The Morgan fingerprint density at radius 2 is 1.68 bits per heavy atom. The highest BCUT2D eigenvalue weighted by molar-refractivity contribution is 5.95. The summed E-state index contributed by atoms with van der Waals surface area (Å²) in [6.45, 7) is 5.42. The number of carboxylic acid groups (broad SMARTS) is 1. The van der Waals surface area contributed by atoms with Gasteiger partial charge in [-0.05, 0) is 39.3 Å². The summed E-state index contributed by atoms with van der Waals surface area (Å²) in [6.07, 6.45) is 0.335. The molecule has 0 bridgehead atoms. The van der Waals surface area contributed by atoms with Crippen molar-refractivity contribution >= 4 is 11.9 Å². The second-order valence-electron chi connectivity index (χ2n) is 5.74. The van der Waals surface area contributed by atoms with Gasteiger partial charge >= 0.3 is 5.97 Å². The highest BCUT2D eigenvalue weighted by Gasteiger charge is 2.23. The minimum Gasteiger partial charge on any atom is -0.496 e. The molecule has 0 spiro atoms. The van der Waals surface area contributed by atoms with Gasteiger partial charge in [-0.25, -0.2) is 0 Å². The number of nitrogens with one attached hydrogen (secondary N) is 1. The Kier molecular flexibility index (Phi) is 5.79. The molecule has 6 nitrogen and oxygen atoms in total. The zero-order valence-corrected chi connectivity index (χ0v) is 13.6. The predicted octanol–water partition coefficient (Wildman–Crippen LogP) is 2.39. The second-order valence-corrected chi connectivity index (χ2v) is 5.74. The molecule has 0 saturated heterocycles. The molecule has 1 aromatic carbocycles. The first-order valence-corrected chi connectivity index (χ1v) is 6.97. The van der Waals surface area contributed by atoms with E-state index in [1.165, 1.54) is 14.2 Å². The molecule has 1 amide bonds. The van der Waals surface area contributed by atoms with E-state index in [-0.39, 0.29) is 12.3 Å². The van der Waals surface area contributed by atoms with Crippen LogP contribution in [0.1, 0.15) is 42.6 Å². The summed E-state index contributed by atoms with van der Waals surface area (Å²) >= 11 is 0. The fourth-order valence-electron chi connectivity index (χ4n) is 2.08. The molecule has 1 aromatic rings. The van der Waals surface area contributed by atoms with Gasteiger partial charge in [0.1, 0.15) is 11.5 Å². The second kappa shape index (κ2) is 7.15. The number of methoxy groups -OCH3 is 2. The number of benzene rings is 1. The lowest BCUT2D eigenvalue weighted by Gasteiger charge is -2.26. The SMILES string of the molecule is COc1cc(C(=O)NC(C)(C)CCC(=O)O)cc(OC)c1C. The third-order valence-corrected chi connectivity index (χ3v) is 3.43. The number of carboxylic acids is 1. The van der Waals surface area contributed by atoms with Gasteiger partial charge < -0.3 is 19.9 Å². The van der Waals surface area contributed by atoms with E-state index >= 15 is 0 Å². The molecular formula is C16H23NO5. The molecule has 2 N–H and O–H groups in total. The maximum absolute atomic E-state index is 12.4. The van der Waals surface area contributed by atoms with E-state index in [0.717, 1.165) is 5.56 Å². The number of amides is 1. The van der Waals surface area contributed by atoms with Gasteiger partial charge in [0, 0.05) is 23.1 Å². The Labute approximate surface area is 130 Å². The van der Waals surface area contributed by atoms with Crippen molar-refractivity contribution in [3.63, 3.8) is 0 Å². The minimum absolute atomic E-state index is 0.00613. The lowest BCUT2D eigenvalue weighted by Crippen LogP contribution is -2.43. The van der Waals surface area contributed by atoms with Crippen molar-refractivity contribution in [1.29, 1.82) is 0 Å². The first-order valence-electron chi connectivity index (χ1n) is 6.97. The van der Waals surface area contributed by atoms with Crippen LogP contribution in [-0.4, -0.2) is 36.7 Å². The van der Waals surface area contributed by atoms with Gasteiger partial charge in [0.15, 0.2) is 0 Å². The molecule has 0 heterocycles. The average Bonchev–Trinajstić information content (AvgIpc) is 2.45. The zero-order chi connectivity index (χ0) is 16.9. The number of hydrogen-bond donors (Lipinski definition) is 2. The molecule has 6 heteroatoms. The molecule has 122 valence electrons. The molecule has 22 heavy (non-hydrogen) atoms. The number of rotatable bonds is 7. The number of carbonyl (C=O) groups is 2. The van der Waals surface area contributed by atoms with Crippen molar-refractivity contribution in [3.8, 4) is 11.5 Å². The van der Waals surface area contributed by atoms with Crippen molar-refractivity contribution < 1.29 is 24.2 Å². The van der Waals surface area contributed by atoms with E-state index in [0.29, 0.717) is 23.5 Å². The van der Waals surface area contributed by atoms with Crippen molar-refractivity contribution in [2.45, 2.75) is 39.2 Å². The van der Waals surface area contributed by atoms with Gasteiger partial charge in [-0.15, -0.1) is 0 Å². The van der Waals surface area contributed by atoms with E-state index in [4.69, 9.17) is 14.6 Å². The van der Waals surface area contributed by atoms with Crippen molar-refractivity contribution in [1.82, 2.24) is 5.32 Å². The molecule has 0 fully saturated rings. The van der Waals surface area contributed by atoms with Gasteiger partial charge in [-0.1, -0.05) is 0 Å². The van der Waals surface area contributed by atoms with Crippen LogP contribution in [-0.2, 0) is 4.79 Å². The summed E-state index contributed by atoms with van der Waals surface area (Å²) in [6, 6.07) is 3.28. The normalized spacial score (nSPS) is 11.0. The maximum atomic E-state index is 12.4. The number of ether oxygens (including phenoxy) is 2. The number of carbonyl (C=O) groups excluding carboxylic acids is 1. The van der Waals surface area contributed by atoms with Crippen LogP contribution in [0, 0.1) is 6.92 Å². The van der Waals surface area contributed by atoms with Crippen LogP contribution < -0.4 is 14.8 Å². The highest BCUT2D eigenvalue weighted by Crippen LogP contribution is 2.29. The quantitative estimate of drug-likeness (QED) is 0.808. The van der Waals surface area contributed by atoms with Crippen LogP contribution >= 0.6 is 0 Å². The van der Waals surface area contributed by atoms with Crippen LogP contribution in [0.25, 0.3) is 0 Å². The third-order valence-electron chi connectivity index (χ3n) is 3.43. The largest absolute Gasteiger partial charge is 0.496 e. The van der Waals surface area contributed by atoms with Crippen LogP contribution in [0.5, 0.6) is 11.5 Å². The Morgan fingerprint density at radius 3 is 2.09 bits per heavy atom. The van der Waals surface area contributed by atoms with Gasteiger partial charge in [-0.3, -0.25) is 9.59 Å². The van der Waals surface area contributed by atoms with E-state index in [9.17, 15) is 9.59 Å². The van der Waals surface area contributed by atoms with Crippen molar-refractivity contribution in [2.24, 2.45) is 0 Å². The summed E-state index contributed by atoms with van der Waals surface area (Å²) in [4.78, 5) is 23.0. The lowest BCUT2D eigenvalue weighted by atomic mass is 9.97.